The van der Waals surface area contributed by atoms with Gasteiger partial charge in [-0.2, -0.15) is 0 Å². The lowest BCUT2D eigenvalue weighted by Crippen LogP contribution is -2.22. The van der Waals surface area contributed by atoms with E-state index in [1.165, 1.54) is 23.5 Å². The van der Waals surface area contributed by atoms with E-state index in [1.54, 1.807) is 25.3 Å². The van der Waals surface area contributed by atoms with Crippen LogP contribution in [0, 0.1) is 12.7 Å². The third-order valence-corrected chi connectivity index (χ3v) is 8.55. The number of aromatic nitrogens is 4. The van der Waals surface area contributed by atoms with Crippen LogP contribution in [0.25, 0.3) is 32.0 Å². The molecule has 4 aromatic heterocycles. The highest BCUT2D eigenvalue weighted by Gasteiger charge is 2.44. The number of anilines is 1. The molecule has 0 radical (unpaired) electrons. The van der Waals surface area contributed by atoms with Gasteiger partial charge in [0.1, 0.15) is 11.6 Å². The first-order chi connectivity index (χ1) is 18.5. The third kappa shape index (κ3) is 3.59. The van der Waals surface area contributed by atoms with E-state index in [1.807, 2.05) is 17.0 Å². The number of nitrogens with zero attached hydrogens (tertiary/aromatic N) is 5. The van der Waals surface area contributed by atoms with Crippen molar-refractivity contribution in [2.75, 3.05) is 12.3 Å². The topological polar surface area (TPSA) is 111 Å². The van der Waals surface area contributed by atoms with Crippen LogP contribution >= 0.6 is 11.3 Å². The van der Waals surface area contributed by atoms with E-state index in [2.05, 4.69) is 15.2 Å². The maximum Gasteiger partial charge on any atom is 0.257 e. The van der Waals surface area contributed by atoms with Crippen LogP contribution in [0.3, 0.4) is 0 Å². The van der Waals surface area contributed by atoms with Crippen molar-refractivity contribution < 1.29 is 13.6 Å². The number of fused-ring (bicyclic) bond motifs is 4. The number of carbonyl (C=O) groups excluding carboxylic acids is 1. The summed E-state index contributed by atoms with van der Waals surface area (Å²) in [6.07, 6.45) is 4.70. The average molecular weight is 527 g/mol. The fourth-order valence-corrected chi connectivity index (χ4v) is 6.74. The van der Waals surface area contributed by atoms with Gasteiger partial charge in [-0.3, -0.25) is 9.78 Å². The van der Waals surface area contributed by atoms with Gasteiger partial charge in [-0.1, -0.05) is 12.1 Å². The van der Waals surface area contributed by atoms with Crippen molar-refractivity contribution in [1.29, 1.82) is 0 Å². The van der Waals surface area contributed by atoms with Gasteiger partial charge in [-0.05, 0) is 60.9 Å². The van der Waals surface area contributed by atoms with Crippen molar-refractivity contribution in [2.45, 2.75) is 38.6 Å². The summed E-state index contributed by atoms with van der Waals surface area (Å²) in [7, 11) is 0. The van der Waals surface area contributed by atoms with Crippen LogP contribution in [0.4, 0.5) is 10.2 Å². The maximum absolute atomic E-state index is 13.8. The fourth-order valence-electron chi connectivity index (χ4n) is 5.63. The predicted octanol–water partition coefficient (Wildman–Crippen LogP) is 5.51. The zero-order valence-corrected chi connectivity index (χ0v) is 21.4. The third-order valence-electron chi connectivity index (χ3n) is 7.35. The molecule has 0 bridgehead atoms. The first-order valence-corrected chi connectivity index (χ1v) is 13.4. The van der Waals surface area contributed by atoms with Crippen LogP contribution in [0.15, 0.2) is 47.0 Å². The molecule has 1 amide bonds. The van der Waals surface area contributed by atoms with Crippen molar-refractivity contribution in [3.8, 4) is 21.9 Å². The minimum Gasteiger partial charge on any atom is -0.421 e. The standard InChI is InChI=1S/C28H23FN6O2S/c1-14-33-34-27(37-14)21-18(9-6-15-4-7-17(29)8-5-15)32-24-19-3-2-12-35(19)28(36)23(24)22(21)20-13-16-10-11-31-26(30)25(16)38-20/h4-5,7-8,10-11,13,19H,2-3,6,9,12H2,1H3,(H2,30,31)/t19-/m0/s1. The summed E-state index contributed by atoms with van der Waals surface area (Å²) in [6.45, 7) is 2.45. The van der Waals surface area contributed by atoms with E-state index < -0.39 is 0 Å². The average Bonchev–Trinajstić information content (AvgIpc) is 3.69. The molecule has 0 unspecified atom stereocenters. The number of pyridine rings is 2. The lowest BCUT2D eigenvalue weighted by atomic mass is 9.93. The molecule has 0 spiro atoms. The monoisotopic (exact) mass is 526 g/mol. The first kappa shape index (κ1) is 23.0. The highest BCUT2D eigenvalue weighted by Crippen LogP contribution is 2.50. The van der Waals surface area contributed by atoms with Gasteiger partial charge in [0.15, 0.2) is 0 Å². The molecule has 0 aliphatic carbocycles. The number of benzene rings is 1. The van der Waals surface area contributed by atoms with Gasteiger partial charge in [-0.15, -0.1) is 21.5 Å². The Morgan fingerprint density at radius 1 is 1.13 bits per heavy atom. The lowest BCUT2D eigenvalue weighted by molar-refractivity contribution is 0.0776. The summed E-state index contributed by atoms with van der Waals surface area (Å²) in [5.41, 5.74) is 10.8. The molecule has 10 heteroatoms. The van der Waals surface area contributed by atoms with Gasteiger partial charge >= 0.3 is 0 Å². The normalized spacial score (nSPS) is 16.4. The fraction of sp³-hybridized carbons (Fsp3) is 0.250. The summed E-state index contributed by atoms with van der Waals surface area (Å²) in [6, 6.07) is 10.4. The Balaban J connectivity index is 1.49. The Hall–Kier alpha value is -4.18. The number of nitrogen functional groups attached to an aromatic ring is 1. The highest BCUT2D eigenvalue weighted by atomic mass is 32.1. The lowest BCUT2D eigenvalue weighted by Gasteiger charge is -2.16. The minimum atomic E-state index is -0.271. The van der Waals surface area contributed by atoms with Gasteiger partial charge in [0, 0.05) is 30.1 Å². The van der Waals surface area contributed by atoms with E-state index in [0.29, 0.717) is 48.1 Å². The maximum atomic E-state index is 13.8. The predicted molar refractivity (Wildman–Crippen MR) is 142 cm³/mol. The largest absolute Gasteiger partial charge is 0.421 e. The number of halogens is 1. The Morgan fingerprint density at radius 2 is 1.97 bits per heavy atom. The molecular formula is C28H23FN6O2S. The molecule has 38 heavy (non-hydrogen) atoms. The van der Waals surface area contributed by atoms with Gasteiger partial charge in [0.25, 0.3) is 5.91 Å². The number of amides is 1. The van der Waals surface area contributed by atoms with Crippen molar-refractivity contribution in [2.24, 2.45) is 0 Å². The Labute approximate surface area is 221 Å². The summed E-state index contributed by atoms with van der Waals surface area (Å²) in [5, 5.41) is 9.40. The van der Waals surface area contributed by atoms with Crippen LogP contribution in [-0.2, 0) is 12.8 Å². The number of aryl methyl sites for hydroxylation is 3. The Kier molecular flexibility index (Phi) is 5.26. The molecular weight excluding hydrogens is 503 g/mol. The molecule has 1 saturated heterocycles. The SMILES string of the molecule is Cc1nnc(-c2c(CCc3ccc(F)cc3)nc3c(c2-c2cc4ccnc(N)c4s2)C(=O)N2CCC[C@@H]32)o1. The summed E-state index contributed by atoms with van der Waals surface area (Å²) in [4.78, 5) is 26.0. The van der Waals surface area contributed by atoms with Crippen LogP contribution in [0.1, 0.15) is 52.1 Å². The molecule has 1 aromatic carbocycles. The van der Waals surface area contributed by atoms with E-state index in [4.69, 9.17) is 15.1 Å². The van der Waals surface area contributed by atoms with Gasteiger partial charge < -0.3 is 15.1 Å². The summed E-state index contributed by atoms with van der Waals surface area (Å²) in [5.74, 6) is 0.907. The number of hydrogen-bond donors (Lipinski definition) is 1. The van der Waals surface area contributed by atoms with Crippen molar-refractivity contribution in [3.05, 3.63) is 76.8 Å². The molecule has 6 heterocycles. The van der Waals surface area contributed by atoms with Crippen LogP contribution in [0.5, 0.6) is 0 Å². The second-order valence-electron chi connectivity index (χ2n) is 9.70. The zero-order valence-electron chi connectivity index (χ0n) is 20.6. The number of hydrogen-bond acceptors (Lipinski definition) is 8. The highest BCUT2D eigenvalue weighted by molar-refractivity contribution is 7.22. The number of rotatable bonds is 5. The molecule has 2 aliphatic rings. The minimum absolute atomic E-state index is 0.0175. The van der Waals surface area contributed by atoms with E-state index >= 15 is 0 Å². The molecule has 1 fully saturated rings. The molecule has 1 atom stereocenters. The number of carbonyl (C=O) groups is 1. The van der Waals surface area contributed by atoms with Gasteiger partial charge in [0.05, 0.1) is 33.3 Å². The number of thiophene rings is 1. The first-order valence-electron chi connectivity index (χ1n) is 12.5. The molecule has 2 aliphatic heterocycles. The van der Waals surface area contributed by atoms with Crippen molar-refractivity contribution in [3.63, 3.8) is 0 Å². The van der Waals surface area contributed by atoms with E-state index in [-0.39, 0.29) is 17.8 Å². The van der Waals surface area contributed by atoms with Gasteiger partial charge in [-0.25, -0.2) is 9.37 Å². The quantitative estimate of drug-likeness (QED) is 0.321. The van der Waals surface area contributed by atoms with Crippen LogP contribution < -0.4 is 5.73 Å². The zero-order chi connectivity index (χ0) is 26.0. The molecule has 2 N–H and O–H groups in total. The second-order valence-corrected chi connectivity index (χ2v) is 10.8. The number of nitrogens with two attached hydrogens (primary N) is 1. The molecule has 8 nitrogen and oxygen atoms in total. The van der Waals surface area contributed by atoms with E-state index in [0.717, 1.165) is 50.3 Å². The molecule has 190 valence electrons. The smallest absolute Gasteiger partial charge is 0.257 e. The Bertz CT molecular complexity index is 1730. The van der Waals surface area contributed by atoms with Gasteiger partial charge in [0.2, 0.25) is 11.8 Å². The second kappa shape index (κ2) is 8.70. The van der Waals surface area contributed by atoms with Crippen LogP contribution in [-0.4, -0.2) is 37.5 Å². The van der Waals surface area contributed by atoms with Crippen molar-refractivity contribution >= 4 is 33.1 Å². The molecule has 0 saturated carbocycles. The summed E-state index contributed by atoms with van der Waals surface area (Å²) < 4.78 is 20.3. The Morgan fingerprint density at radius 3 is 2.74 bits per heavy atom. The van der Waals surface area contributed by atoms with E-state index in [9.17, 15) is 9.18 Å². The van der Waals surface area contributed by atoms with Crippen molar-refractivity contribution in [1.82, 2.24) is 25.1 Å². The molecule has 7 rings (SSSR count). The van der Waals surface area contributed by atoms with Crippen LogP contribution in [0.2, 0.25) is 0 Å². The summed E-state index contributed by atoms with van der Waals surface area (Å²) >= 11 is 1.50. The molecule has 5 aromatic rings.